The standard InChI is InChI=1S/C26H35BrN2O3/c1-6-23(26(31)28-15-18(2)3)29(16-20-10-8-7-9-11-20)25(30)17-32-24-13-12-21(19(4)5)14-22(24)27/h7-14,18-19,23H,6,15-17H2,1-5H3,(H,28,31)/t23-/m0/s1. The molecule has 0 aromatic heterocycles. The molecule has 0 aliphatic heterocycles. The van der Waals surface area contributed by atoms with Crippen LogP contribution in [-0.2, 0) is 16.1 Å². The number of hydrogen-bond acceptors (Lipinski definition) is 3. The van der Waals surface area contributed by atoms with E-state index in [-0.39, 0.29) is 18.4 Å². The van der Waals surface area contributed by atoms with Gasteiger partial charge < -0.3 is 15.0 Å². The molecule has 0 aliphatic rings. The van der Waals surface area contributed by atoms with Crippen molar-refractivity contribution in [2.75, 3.05) is 13.2 Å². The zero-order chi connectivity index (χ0) is 23.7. The Kier molecular flexibility index (Phi) is 10.2. The van der Waals surface area contributed by atoms with Crippen molar-refractivity contribution in [1.82, 2.24) is 10.2 Å². The molecule has 1 atom stereocenters. The van der Waals surface area contributed by atoms with Gasteiger partial charge in [-0.15, -0.1) is 0 Å². The number of hydrogen-bond donors (Lipinski definition) is 1. The summed E-state index contributed by atoms with van der Waals surface area (Å²) in [6, 6.07) is 15.1. The highest BCUT2D eigenvalue weighted by molar-refractivity contribution is 9.10. The number of halogens is 1. The van der Waals surface area contributed by atoms with Gasteiger partial charge in [-0.1, -0.05) is 71.0 Å². The molecule has 0 aliphatic carbocycles. The molecule has 0 fully saturated rings. The minimum absolute atomic E-state index is 0.132. The van der Waals surface area contributed by atoms with Gasteiger partial charge in [0, 0.05) is 13.1 Å². The molecule has 5 nitrogen and oxygen atoms in total. The molecule has 0 heterocycles. The molecule has 2 aromatic carbocycles. The molecule has 2 aromatic rings. The zero-order valence-corrected chi connectivity index (χ0v) is 21.3. The third-order valence-corrected chi connectivity index (χ3v) is 5.86. The molecule has 32 heavy (non-hydrogen) atoms. The molecule has 6 heteroatoms. The van der Waals surface area contributed by atoms with Crippen LogP contribution in [0, 0.1) is 5.92 Å². The van der Waals surface area contributed by atoms with E-state index < -0.39 is 6.04 Å². The lowest BCUT2D eigenvalue weighted by molar-refractivity contribution is -0.143. The fraction of sp³-hybridized carbons (Fsp3) is 0.462. The van der Waals surface area contributed by atoms with Crippen LogP contribution in [0.1, 0.15) is 58.1 Å². The van der Waals surface area contributed by atoms with Crippen molar-refractivity contribution in [2.45, 2.75) is 59.5 Å². The van der Waals surface area contributed by atoms with Gasteiger partial charge in [0.05, 0.1) is 4.47 Å². The number of carbonyl (C=O) groups is 2. The van der Waals surface area contributed by atoms with Gasteiger partial charge in [-0.3, -0.25) is 9.59 Å². The number of ether oxygens (including phenoxy) is 1. The maximum atomic E-state index is 13.3. The quantitative estimate of drug-likeness (QED) is 0.439. The Labute approximate surface area is 200 Å². The van der Waals surface area contributed by atoms with Crippen molar-refractivity contribution in [3.8, 4) is 5.75 Å². The van der Waals surface area contributed by atoms with Crippen LogP contribution < -0.4 is 10.1 Å². The third kappa shape index (κ3) is 7.66. The van der Waals surface area contributed by atoms with Crippen molar-refractivity contribution in [3.63, 3.8) is 0 Å². The Morgan fingerprint density at radius 1 is 1.06 bits per heavy atom. The van der Waals surface area contributed by atoms with Gasteiger partial charge in [-0.05, 0) is 57.4 Å². The SMILES string of the molecule is CC[C@@H](C(=O)NCC(C)C)N(Cc1ccccc1)C(=O)COc1ccc(C(C)C)cc1Br. The van der Waals surface area contributed by atoms with Crippen LogP contribution in [0.3, 0.4) is 0 Å². The van der Waals surface area contributed by atoms with Gasteiger partial charge in [-0.25, -0.2) is 0 Å². The maximum absolute atomic E-state index is 13.3. The van der Waals surface area contributed by atoms with Gasteiger partial charge in [0.25, 0.3) is 5.91 Å². The van der Waals surface area contributed by atoms with Crippen molar-refractivity contribution in [2.24, 2.45) is 5.92 Å². The number of amides is 2. The fourth-order valence-corrected chi connectivity index (χ4v) is 3.85. The largest absolute Gasteiger partial charge is 0.483 e. The molecular formula is C26H35BrN2O3. The number of carbonyl (C=O) groups excluding carboxylic acids is 2. The van der Waals surface area contributed by atoms with Crippen LogP contribution in [0.15, 0.2) is 53.0 Å². The van der Waals surface area contributed by atoms with E-state index in [1.165, 1.54) is 5.56 Å². The van der Waals surface area contributed by atoms with Crippen molar-refractivity contribution >= 4 is 27.7 Å². The second kappa shape index (κ2) is 12.6. The average Bonchev–Trinajstić information content (AvgIpc) is 2.77. The summed E-state index contributed by atoms with van der Waals surface area (Å²) in [6.45, 7) is 11.1. The molecule has 0 spiro atoms. The number of rotatable bonds is 11. The van der Waals surface area contributed by atoms with E-state index in [0.717, 1.165) is 10.0 Å². The molecule has 2 rings (SSSR count). The molecule has 0 bridgehead atoms. The van der Waals surface area contributed by atoms with Gasteiger partial charge >= 0.3 is 0 Å². The summed E-state index contributed by atoms with van der Waals surface area (Å²) in [5.74, 6) is 0.995. The zero-order valence-electron chi connectivity index (χ0n) is 19.7. The van der Waals surface area contributed by atoms with E-state index in [1.54, 1.807) is 4.90 Å². The van der Waals surface area contributed by atoms with Crippen LogP contribution in [0.5, 0.6) is 5.75 Å². The molecule has 2 amide bonds. The van der Waals surface area contributed by atoms with E-state index in [4.69, 9.17) is 4.74 Å². The molecular weight excluding hydrogens is 468 g/mol. The Morgan fingerprint density at radius 3 is 2.31 bits per heavy atom. The van der Waals surface area contributed by atoms with Crippen molar-refractivity contribution < 1.29 is 14.3 Å². The normalized spacial score (nSPS) is 12.0. The average molecular weight is 503 g/mol. The van der Waals surface area contributed by atoms with E-state index in [1.807, 2.05) is 69.3 Å². The van der Waals surface area contributed by atoms with E-state index >= 15 is 0 Å². The Hall–Kier alpha value is -2.34. The highest BCUT2D eigenvalue weighted by atomic mass is 79.9. The predicted molar refractivity (Wildman–Crippen MR) is 133 cm³/mol. The van der Waals surface area contributed by atoms with Crippen LogP contribution in [0.4, 0.5) is 0 Å². The van der Waals surface area contributed by atoms with Crippen LogP contribution in [0.2, 0.25) is 0 Å². The van der Waals surface area contributed by atoms with E-state index in [0.29, 0.717) is 37.1 Å². The molecule has 0 saturated carbocycles. The summed E-state index contributed by atoms with van der Waals surface area (Å²) in [6.07, 6.45) is 0.523. The van der Waals surface area contributed by atoms with Crippen molar-refractivity contribution in [3.05, 3.63) is 64.1 Å². The first-order valence-electron chi connectivity index (χ1n) is 11.3. The summed E-state index contributed by atoms with van der Waals surface area (Å²) in [5.41, 5.74) is 2.16. The first-order valence-corrected chi connectivity index (χ1v) is 12.1. The lowest BCUT2D eigenvalue weighted by Crippen LogP contribution is -2.50. The molecule has 0 saturated heterocycles. The van der Waals surface area contributed by atoms with Crippen LogP contribution in [0.25, 0.3) is 0 Å². The number of nitrogens with one attached hydrogen (secondary N) is 1. The second-order valence-corrected chi connectivity index (χ2v) is 9.56. The molecule has 0 unspecified atom stereocenters. The topological polar surface area (TPSA) is 58.6 Å². The number of nitrogens with zero attached hydrogens (tertiary/aromatic N) is 1. The van der Waals surface area contributed by atoms with Gasteiger partial charge in [-0.2, -0.15) is 0 Å². The monoisotopic (exact) mass is 502 g/mol. The maximum Gasteiger partial charge on any atom is 0.261 e. The molecule has 1 N–H and O–H groups in total. The Morgan fingerprint density at radius 2 is 1.75 bits per heavy atom. The summed E-state index contributed by atoms with van der Waals surface area (Å²) >= 11 is 3.54. The highest BCUT2D eigenvalue weighted by Crippen LogP contribution is 2.29. The van der Waals surface area contributed by atoms with Gasteiger partial charge in [0.15, 0.2) is 6.61 Å². The van der Waals surface area contributed by atoms with E-state index in [9.17, 15) is 9.59 Å². The van der Waals surface area contributed by atoms with Crippen LogP contribution >= 0.6 is 15.9 Å². The van der Waals surface area contributed by atoms with Crippen LogP contribution in [-0.4, -0.2) is 35.9 Å². The highest BCUT2D eigenvalue weighted by Gasteiger charge is 2.29. The predicted octanol–water partition coefficient (Wildman–Crippen LogP) is 5.53. The molecule has 0 radical (unpaired) electrons. The smallest absolute Gasteiger partial charge is 0.261 e. The minimum atomic E-state index is -0.559. The number of benzene rings is 2. The molecule has 174 valence electrons. The second-order valence-electron chi connectivity index (χ2n) is 8.70. The lowest BCUT2D eigenvalue weighted by atomic mass is 10.0. The van der Waals surface area contributed by atoms with E-state index in [2.05, 4.69) is 35.1 Å². The van der Waals surface area contributed by atoms with Gasteiger partial charge in [0.1, 0.15) is 11.8 Å². The van der Waals surface area contributed by atoms with Crippen molar-refractivity contribution in [1.29, 1.82) is 0 Å². The first kappa shape index (κ1) is 25.9. The Bertz CT molecular complexity index is 884. The van der Waals surface area contributed by atoms with Gasteiger partial charge in [0.2, 0.25) is 5.91 Å². The fourth-order valence-electron chi connectivity index (χ4n) is 3.34. The summed E-state index contributed by atoms with van der Waals surface area (Å²) in [5, 5.41) is 2.97. The summed E-state index contributed by atoms with van der Waals surface area (Å²) < 4.78 is 6.67. The third-order valence-electron chi connectivity index (χ3n) is 5.24. The minimum Gasteiger partial charge on any atom is -0.483 e. The lowest BCUT2D eigenvalue weighted by Gasteiger charge is -2.31. The summed E-state index contributed by atoms with van der Waals surface area (Å²) in [4.78, 5) is 27.8. The Balaban J connectivity index is 2.18. The summed E-state index contributed by atoms with van der Waals surface area (Å²) in [7, 11) is 0. The first-order chi connectivity index (χ1) is 15.2.